The van der Waals surface area contributed by atoms with Gasteiger partial charge in [-0.15, -0.1) is 6.42 Å². The molecule has 3 rings (SSSR count). The Kier molecular flexibility index (Phi) is 8.41. The number of benzene rings is 2. The van der Waals surface area contributed by atoms with Crippen LogP contribution in [-0.4, -0.2) is 49.3 Å². The van der Waals surface area contributed by atoms with Crippen LogP contribution in [-0.2, 0) is 9.53 Å². The maximum absolute atomic E-state index is 12.8. The number of hydrogen-bond acceptors (Lipinski definition) is 7. The van der Waals surface area contributed by atoms with Crippen molar-refractivity contribution in [3.8, 4) is 23.8 Å². The first-order valence-electron chi connectivity index (χ1n) is 9.85. The van der Waals surface area contributed by atoms with E-state index in [1.54, 1.807) is 37.4 Å². The molecule has 2 aromatic carbocycles. The number of nitrogens with zero attached hydrogens (tertiary/aromatic N) is 2. The van der Waals surface area contributed by atoms with Crippen LogP contribution in [0.4, 0.5) is 5.69 Å². The number of amidine groups is 1. The van der Waals surface area contributed by atoms with Gasteiger partial charge in [-0.1, -0.05) is 5.92 Å². The second kappa shape index (κ2) is 11.2. The van der Waals surface area contributed by atoms with E-state index < -0.39 is 5.97 Å². The molecule has 1 saturated heterocycles. The van der Waals surface area contributed by atoms with Gasteiger partial charge in [-0.25, -0.2) is 9.79 Å². The third kappa shape index (κ3) is 5.89. The number of rotatable bonds is 7. The van der Waals surface area contributed by atoms with Crippen LogP contribution in [0.5, 0.6) is 11.5 Å². The number of amides is 1. The number of carbonyl (C=O) groups excluding carboxylic acids is 2. The van der Waals surface area contributed by atoms with Crippen LogP contribution in [0.1, 0.15) is 22.8 Å². The largest absolute Gasteiger partial charge is 0.490 e. The number of hydrogen-bond donors (Lipinski definition) is 0. The molecule has 0 atom stereocenters. The molecule has 0 aliphatic carbocycles. The van der Waals surface area contributed by atoms with E-state index in [0.717, 1.165) is 9.13 Å². The van der Waals surface area contributed by atoms with E-state index in [9.17, 15) is 9.59 Å². The third-order valence-corrected chi connectivity index (χ3v) is 6.31. The molecule has 0 N–H and O–H groups in total. The second-order valence-electron chi connectivity index (χ2n) is 6.66. The molecular formula is C24H21IN2O5S. The first kappa shape index (κ1) is 24.7. The lowest BCUT2D eigenvalue weighted by molar-refractivity contribution is -0.121. The van der Waals surface area contributed by atoms with Gasteiger partial charge in [0.15, 0.2) is 16.7 Å². The Morgan fingerprint density at radius 3 is 2.64 bits per heavy atom. The van der Waals surface area contributed by atoms with Gasteiger partial charge in [-0.05, 0) is 89.3 Å². The summed E-state index contributed by atoms with van der Waals surface area (Å²) in [5.74, 6) is 3.02. The molecule has 1 amide bonds. The van der Waals surface area contributed by atoms with Crippen LogP contribution >= 0.6 is 34.4 Å². The number of methoxy groups -OCH3 is 1. The minimum Gasteiger partial charge on any atom is -0.490 e. The molecule has 0 radical (unpaired) electrons. The minimum absolute atomic E-state index is 0.135. The Bertz CT molecular complexity index is 1170. The zero-order chi connectivity index (χ0) is 24.0. The maximum atomic E-state index is 12.8. The van der Waals surface area contributed by atoms with E-state index in [1.165, 1.54) is 23.8 Å². The summed E-state index contributed by atoms with van der Waals surface area (Å²) in [7, 11) is 3.00. The molecule has 1 fully saturated rings. The molecule has 0 unspecified atom stereocenters. The topological polar surface area (TPSA) is 77.4 Å². The van der Waals surface area contributed by atoms with Crippen molar-refractivity contribution in [3.05, 3.63) is 56.0 Å². The van der Waals surface area contributed by atoms with Gasteiger partial charge in [-0.3, -0.25) is 9.69 Å². The van der Waals surface area contributed by atoms with Crippen LogP contribution in [0.2, 0.25) is 0 Å². The number of esters is 1. The number of aliphatic imine (C=N–C) groups is 1. The molecule has 9 heteroatoms. The molecule has 170 valence electrons. The van der Waals surface area contributed by atoms with Gasteiger partial charge in [0.05, 0.1) is 33.4 Å². The SMILES string of the molecule is C#CCOc1c(I)cc(/C=C2\SC(=Nc3ccc(C(=O)OC)cc3)N(C)C2=O)cc1OCC. The highest BCUT2D eigenvalue weighted by Gasteiger charge is 2.30. The van der Waals surface area contributed by atoms with Crippen molar-refractivity contribution in [1.82, 2.24) is 4.90 Å². The number of likely N-dealkylation sites (N-methyl/N-ethyl adjacent to an activating group) is 1. The molecule has 33 heavy (non-hydrogen) atoms. The lowest BCUT2D eigenvalue weighted by atomic mass is 10.2. The van der Waals surface area contributed by atoms with Gasteiger partial charge in [0.2, 0.25) is 0 Å². The van der Waals surface area contributed by atoms with Crippen molar-refractivity contribution in [2.24, 2.45) is 4.99 Å². The predicted octanol–water partition coefficient (Wildman–Crippen LogP) is 4.72. The highest BCUT2D eigenvalue weighted by Crippen LogP contribution is 2.37. The molecule has 7 nitrogen and oxygen atoms in total. The molecule has 0 aromatic heterocycles. The fourth-order valence-corrected chi connectivity index (χ4v) is 4.66. The molecule has 0 bridgehead atoms. The first-order valence-corrected chi connectivity index (χ1v) is 11.7. The van der Waals surface area contributed by atoms with Crippen LogP contribution in [0, 0.1) is 15.9 Å². The molecule has 1 heterocycles. The van der Waals surface area contributed by atoms with Crippen molar-refractivity contribution in [2.45, 2.75) is 6.92 Å². The highest BCUT2D eigenvalue weighted by molar-refractivity contribution is 14.1. The van der Waals surface area contributed by atoms with Gasteiger partial charge in [0.25, 0.3) is 5.91 Å². The molecule has 0 saturated carbocycles. The van der Waals surface area contributed by atoms with Crippen LogP contribution < -0.4 is 9.47 Å². The molecule has 1 aliphatic heterocycles. The zero-order valence-corrected chi connectivity index (χ0v) is 21.2. The Morgan fingerprint density at radius 2 is 2.00 bits per heavy atom. The summed E-state index contributed by atoms with van der Waals surface area (Å²) < 4.78 is 16.9. The van der Waals surface area contributed by atoms with Crippen molar-refractivity contribution in [2.75, 3.05) is 27.4 Å². The molecule has 2 aromatic rings. The summed E-state index contributed by atoms with van der Waals surface area (Å²) in [5, 5.41) is 0.533. The fraction of sp³-hybridized carbons (Fsp3) is 0.208. The molecule has 0 spiro atoms. The highest BCUT2D eigenvalue weighted by atomic mass is 127. The molecule has 1 aliphatic rings. The summed E-state index contributed by atoms with van der Waals surface area (Å²) in [4.78, 5) is 31.0. The van der Waals surface area contributed by atoms with Crippen molar-refractivity contribution >= 4 is 63.2 Å². The average Bonchev–Trinajstić information content (AvgIpc) is 3.06. The second-order valence-corrected chi connectivity index (χ2v) is 8.83. The van der Waals surface area contributed by atoms with Crippen molar-refractivity contribution < 1.29 is 23.8 Å². The van der Waals surface area contributed by atoms with Crippen molar-refractivity contribution in [1.29, 1.82) is 0 Å². The first-order chi connectivity index (χ1) is 15.9. The third-order valence-electron chi connectivity index (χ3n) is 4.45. The number of thioether (sulfide) groups is 1. The Morgan fingerprint density at radius 1 is 1.27 bits per heavy atom. The molecular weight excluding hydrogens is 555 g/mol. The Labute approximate surface area is 210 Å². The van der Waals surface area contributed by atoms with Gasteiger partial charge in [0.1, 0.15) is 6.61 Å². The Hall–Kier alpha value is -2.97. The van der Waals surface area contributed by atoms with Gasteiger partial charge < -0.3 is 14.2 Å². The average molecular weight is 576 g/mol. The van der Waals surface area contributed by atoms with Crippen molar-refractivity contribution in [3.63, 3.8) is 0 Å². The van der Waals surface area contributed by atoms with Crippen LogP contribution in [0.15, 0.2) is 46.3 Å². The van der Waals surface area contributed by atoms with Gasteiger partial charge in [-0.2, -0.15) is 0 Å². The number of ether oxygens (including phenoxy) is 3. The fourth-order valence-electron chi connectivity index (χ4n) is 2.89. The normalized spacial score (nSPS) is 15.6. The standard InChI is InChI=1S/C24H21IN2O5S/c1-5-11-32-21-18(25)12-15(13-19(21)31-6-2)14-20-22(28)27(3)24(33-20)26-17-9-7-16(8-10-17)23(29)30-4/h1,7-10,12-14H,6,11H2,2-4H3/b20-14-,26-24?. The minimum atomic E-state index is -0.418. The summed E-state index contributed by atoms with van der Waals surface area (Å²) in [6.07, 6.45) is 7.10. The summed E-state index contributed by atoms with van der Waals surface area (Å²) in [6, 6.07) is 10.4. The van der Waals surface area contributed by atoms with Gasteiger partial charge >= 0.3 is 5.97 Å². The number of carbonyl (C=O) groups is 2. The van der Waals surface area contributed by atoms with E-state index >= 15 is 0 Å². The monoisotopic (exact) mass is 576 g/mol. The lowest BCUT2D eigenvalue weighted by Gasteiger charge is -2.13. The maximum Gasteiger partial charge on any atom is 0.337 e. The zero-order valence-electron chi connectivity index (χ0n) is 18.3. The van der Waals surface area contributed by atoms with E-state index in [-0.39, 0.29) is 12.5 Å². The van der Waals surface area contributed by atoms with E-state index in [2.05, 4.69) is 33.5 Å². The smallest absolute Gasteiger partial charge is 0.337 e. The van der Waals surface area contributed by atoms with Gasteiger partial charge in [0, 0.05) is 7.05 Å². The van der Waals surface area contributed by atoms with E-state index in [1.807, 2.05) is 19.1 Å². The quantitative estimate of drug-likeness (QED) is 0.206. The Balaban J connectivity index is 1.88. The van der Waals surface area contributed by atoms with Crippen LogP contribution in [0.3, 0.4) is 0 Å². The van der Waals surface area contributed by atoms with E-state index in [4.69, 9.17) is 20.6 Å². The predicted molar refractivity (Wildman–Crippen MR) is 138 cm³/mol. The lowest BCUT2D eigenvalue weighted by Crippen LogP contribution is -2.23. The summed E-state index contributed by atoms with van der Waals surface area (Å²) in [5.41, 5.74) is 1.85. The number of halogens is 1. The summed E-state index contributed by atoms with van der Waals surface area (Å²) >= 11 is 3.42. The van der Waals surface area contributed by atoms with Crippen LogP contribution in [0.25, 0.3) is 6.08 Å². The summed E-state index contributed by atoms with van der Waals surface area (Å²) in [6.45, 7) is 2.48. The number of terminal acetylenes is 1. The van der Waals surface area contributed by atoms with E-state index in [0.29, 0.717) is 39.4 Å².